The molecule has 0 fully saturated rings. The van der Waals surface area contributed by atoms with Crippen molar-refractivity contribution in [2.24, 2.45) is 0 Å². The van der Waals surface area contributed by atoms with Gasteiger partial charge in [-0.05, 0) is 29.7 Å². The molecule has 0 saturated carbocycles. The van der Waals surface area contributed by atoms with E-state index in [0.29, 0.717) is 0 Å². The predicted octanol–water partition coefficient (Wildman–Crippen LogP) is 3.19. The van der Waals surface area contributed by atoms with E-state index in [0.717, 1.165) is 36.1 Å². The summed E-state index contributed by atoms with van der Waals surface area (Å²) in [6, 6.07) is 12.7. The van der Waals surface area contributed by atoms with E-state index in [1.807, 2.05) is 24.7 Å². The number of hydrogen-bond donors (Lipinski definition) is 0. The van der Waals surface area contributed by atoms with Crippen LogP contribution in [0.1, 0.15) is 11.1 Å². The Bertz CT molecular complexity index is 762. The SMILES string of the molecule is c1ccc2c(c1)CCN(c1cncc3cccnc13)C2. The Morgan fingerprint density at radius 1 is 0.950 bits per heavy atom. The molecule has 3 heterocycles. The summed E-state index contributed by atoms with van der Waals surface area (Å²) in [5, 5.41) is 1.10. The van der Waals surface area contributed by atoms with Crippen LogP contribution in [-0.2, 0) is 13.0 Å². The minimum atomic E-state index is 0.938. The molecule has 0 atom stereocenters. The first-order valence-corrected chi connectivity index (χ1v) is 6.92. The van der Waals surface area contributed by atoms with Crippen LogP contribution in [0, 0.1) is 0 Å². The maximum atomic E-state index is 4.53. The second-order valence-electron chi connectivity index (χ2n) is 5.17. The van der Waals surface area contributed by atoms with Crippen molar-refractivity contribution >= 4 is 16.6 Å². The number of hydrogen-bond acceptors (Lipinski definition) is 3. The maximum absolute atomic E-state index is 4.53. The number of pyridine rings is 2. The van der Waals surface area contributed by atoms with Gasteiger partial charge in [-0.1, -0.05) is 24.3 Å². The zero-order valence-corrected chi connectivity index (χ0v) is 11.2. The van der Waals surface area contributed by atoms with Gasteiger partial charge >= 0.3 is 0 Å². The molecule has 4 rings (SSSR count). The number of nitrogens with zero attached hydrogens (tertiary/aromatic N) is 3. The van der Waals surface area contributed by atoms with E-state index >= 15 is 0 Å². The van der Waals surface area contributed by atoms with Gasteiger partial charge in [-0.3, -0.25) is 9.97 Å². The molecule has 1 aliphatic rings. The summed E-state index contributed by atoms with van der Waals surface area (Å²) in [6.45, 7) is 1.96. The van der Waals surface area contributed by atoms with Crippen molar-refractivity contribution in [2.45, 2.75) is 13.0 Å². The summed E-state index contributed by atoms with van der Waals surface area (Å²) in [6.07, 6.45) is 6.75. The summed E-state index contributed by atoms with van der Waals surface area (Å²) < 4.78 is 0. The van der Waals surface area contributed by atoms with E-state index in [9.17, 15) is 0 Å². The van der Waals surface area contributed by atoms with Crippen LogP contribution < -0.4 is 4.90 Å². The van der Waals surface area contributed by atoms with Crippen molar-refractivity contribution < 1.29 is 0 Å². The summed E-state index contributed by atoms with van der Waals surface area (Å²) in [5.41, 5.74) is 5.05. The normalized spacial score (nSPS) is 14.3. The lowest BCUT2D eigenvalue weighted by atomic mass is 9.99. The molecule has 3 heteroatoms. The van der Waals surface area contributed by atoms with Gasteiger partial charge < -0.3 is 4.90 Å². The van der Waals surface area contributed by atoms with Gasteiger partial charge in [-0.2, -0.15) is 0 Å². The average Bonchev–Trinajstić information content (AvgIpc) is 2.54. The Morgan fingerprint density at radius 3 is 2.80 bits per heavy atom. The van der Waals surface area contributed by atoms with Crippen molar-refractivity contribution in [1.82, 2.24) is 9.97 Å². The standard InChI is InChI=1S/C17H15N3/c1-2-5-15-12-20(9-7-13(15)4-1)16-11-18-10-14-6-3-8-19-17(14)16/h1-6,8,10-11H,7,9,12H2. The van der Waals surface area contributed by atoms with Crippen LogP contribution in [0.4, 0.5) is 5.69 Å². The first-order valence-electron chi connectivity index (χ1n) is 6.92. The van der Waals surface area contributed by atoms with Gasteiger partial charge in [0.05, 0.1) is 17.4 Å². The lowest BCUT2D eigenvalue weighted by molar-refractivity contribution is 0.732. The van der Waals surface area contributed by atoms with E-state index < -0.39 is 0 Å². The Labute approximate surface area is 117 Å². The van der Waals surface area contributed by atoms with E-state index in [-0.39, 0.29) is 0 Å². The van der Waals surface area contributed by atoms with E-state index in [1.54, 1.807) is 0 Å². The smallest absolute Gasteiger partial charge is 0.0966 e. The molecule has 0 spiro atoms. The second-order valence-corrected chi connectivity index (χ2v) is 5.17. The minimum absolute atomic E-state index is 0.938. The van der Waals surface area contributed by atoms with E-state index in [1.165, 1.54) is 11.1 Å². The molecule has 98 valence electrons. The van der Waals surface area contributed by atoms with Gasteiger partial charge in [0.25, 0.3) is 0 Å². The minimum Gasteiger partial charge on any atom is -0.364 e. The fourth-order valence-electron chi connectivity index (χ4n) is 2.92. The topological polar surface area (TPSA) is 29.0 Å². The molecule has 1 aromatic carbocycles. The number of aromatic nitrogens is 2. The van der Waals surface area contributed by atoms with Crippen LogP contribution in [0.25, 0.3) is 10.9 Å². The largest absolute Gasteiger partial charge is 0.364 e. The van der Waals surface area contributed by atoms with Crippen LogP contribution in [0.15, 0.2) is 55.0 Å². The average molecular weight is 261 g/mol. The summed E-state index contributed by atoms with van der Waals surface area (Å²) >= 11 is 0. The Balaban J connectivity index is 1.78. The fourth-order valence-corrected chi connectivity index (χ4v) is 2.92. The predicted molar refractivity (Wildman–Crippen MR) is 80.7 cm³/mol. The van der Waals surface area contributed by atoms with Crippen molar-refractivity contribution in [1.29, 1.82) is 0 Å². The Kier molecular flexibility index (Phi) is 2.62. The first-order chi connectivity index (χ1) is 9.92. The molecule has 0 unspecified atom stereocenters. The zero-order chi connectivity index (χ0) is 13.4. The van der Waals surface area contributed by atoms with Crippen LogP contribution in [-0.4, -0.2) is 16.5 Å². The first kappa shape index (κ1) is 11.4. The highest BCUT2D eigenvalue weighted by molar-refractivity contribution is 5.89. The molecule has 3 aromatic rings. The molecule has 0 saturated heterocycles. The molecule has 0 bridgehead atoms. The monoisotopic (exact) mass is 261 g/mol. The van der Waals surface area contributed by atoms with Crippen LogP contribution >= 0.6 is 0 Å². The number of fused-ring (bicyclic) bond motifs is 2. The quantitative estimate of drug-likeness (QED) is 0.673. The molecule has 3 nitrogen and oxygen atoms in total. The van der Waals surface area contributed by atoms with Crippen molar-refractivity contribution in [3.05, 3.63) is 66.1 Å². The molecule has 0 N–H and O–H groups in total. The van der Waals surface area contributed by atoms with Crippen molar-refractivity contribution in [2.75, 3.05) is 11.4 Å². The molecule has 2 aromatic heterocycles. The van der Waals surface area contributed by atoms with Crippen LogP contribution in [0.5, 0.6) is 0 Å². The second kappa shape index (κ2) is 4.60. The highest BCUT2D eigenvalue weighted by Gasteiger charge is 2.18. The third-order valence-corrected chi connectivity index (χ3v) is 3.96. The maximum Gasteiger partial charge on any atom is 0.0966 e. The van der Waals surface area contributed by atoms with Gasteiger partial charge in [0, 0.05) is 30.9 Å². The Morgan fingerprint density at radius 2 is 1.85 bits per heavy atom. The van der Waals surface area contributed by atoms with Gasteiger partial charge in [0.1, 0.15) is 0 Å². The summed E-state index contributed by atoms with van der Waals surface area (Å²) in [7, 11) is 0. The van der Waals surface area contributed by atoms with Gasteiger partial charge in [0.15, 0.2) is 0 Å². The van der Waals surface area contributed by atoms with Gasteiger partial charge in [-0.25, -0.2) is 0 Å². The highest BCUT2D eigenvalue weighted by atomic mass is 15.1. The molecule has 0 aliphatic carbocycles. The molecular formula is C17H15N3. The molecule has 0 radical (unpaired) electrons. The molecule has 0 amide bonds. The van der Waals surface area contributed by atoms with Crippen LogP contribution in [0.3, 0.4) is 0 Å². The lowest BCUT2D eigenvalue weighted by Crippen LogP contribution is -2.30. The summed E-state index contributed by atoms with van der Waals surface area (Å²) in [4.78, 5) is 11.3. The lowest BCUT2D eigenvalue weighted by Gasteiger charge is -2.30. The highest BCUT2D eigenvalue weighted by Crippen LogP contribution is 2.28. The van der Waals surface area contributed by atoms with E-state index in [4.69, 9.17) is 0 Å². The Hall–Kier alpha value is -2.42. The van der Waals surface area contributed by atoms with Crippen molar-refractivity contribution in [3.8, 4) is 0 Å². The number of rotatable bonds is 1. The van der Waals surface area contributed by atoms with E-state index in [2.05, 4.69) is 45.2 Å². The van der Waals surface area contributed by atoms with Crippen molar-refractivity contribution in [3.63, 3.8) is 0 Å². The fraction of sp³-hybridized carbons (Fsp3) is 0.176. The zero-order valence-electron chi connectivity index (χ0n) is 11.2. The van der Waals surface area contributed by atoms with Crippen LogP contribution in [0.2, 0.25) is 0 Å². The number of anilines is 1. The van der Waals surface area contributed by atoms with Gasteiger partial charge in [0.2, 0.25) is 0 Å². The third-order valence-electron chi connectivity index (χ3n) is 3.96. The van der Waals surface area contributed by atoms with Gasteiger partial charge in [-0.15, -0.1) is 0 Å². The third kappa shape index (κ3) is 1.83. The molecule has 1 aliphatic heterocycles. The molecule has 20 heavy (non-hydrogen) atoms. The molecular weight excluding hydrogens is 246 g/mol. The number of benzene rings is 1. The summed E-state index contributed by atoms with van der Waals surface area (Å²) in [5.74, 6) is 0.